The van der Waals surface area contributed by atoms with Gasteiger partial charge >= 0.3 is 5.97 Å². The minimum atomic E-state index is -0.844. The van der Waals surface area contributed by atoms with Gasteiger partial charge in [0.1, 0.15) is 6.04 Å². The van der Waals surface area contributed by atoms with Crippen LogP contribution in [0.4, 0.5) is 0 Å². The average Bonchev–Trinajstić information content (AvgIpc) is 2.29. The van der Waals surface area contributed by atoms with E-state index in [4.69, 9.17) is 10.8 Å². The first-order chi connectivity index (χ1) is 7.53. The van der Waals surface area contributed by atoms with Crippen molar-refractivity contribution in [2.75, 3.05) is 32.7 Å². The maximum atomic E-state index is 10.1. The smallest absolute Gasteiger partial charge is 0.320 e. The number of hydrogen-bond donors (Lipinski definition) is 3. The fourth-order valence-electron chi connectivity index (χ4n) is 1.06. The number of nitrogens with two attached hydrogens (primary N) is 1. The number of rotatable bonds is 7. The molecule has 1 unspecified atom stereocenters. The summed E-state index contributed by atoms with van der Waals surface area (Å²) in [6, 6.07) is -0.492. The summed E-state index contributed by atoms with van der Waals surface area (Å²) in [6.07, 6.45) is 0. The molecule has 0 bridgehead atoms. The molecular formula is C11H27N3O2. The van der Waals surface area contributed by atoms with E-state index < -0.39 is 12.0 Å². The highest BCUT2D eigenvalue weighted by atomic mass is 16.4. The Hall–Kier alpha value is -0.650. The number of nitrogens with zero attached hydrogens (tertiary/aromatic N) is 1. The summed E-state index contributed by atoms with van der Waals surface area (Å²) < 4.78 is 0. The Morgan fingerprint density at radius 3 is 1.94 bits per heavy atom. The fraction of sp³-hybridized carbons (Fsp3) is 0.909. The molecule has 0 aromatic heterocycles. The highest BCUT2D eigenvalue weighted by molar-refractivity contribution is 5.72. The van der Waals surface area contributed by atoms with Crippen LogP contribution in [0.3, 0.4) is 0 Å². The summed E-state index contributed by atoms with van der Waals surface area (Å²) in [5.41, 5.74) is 5.12. The van der Waals surface area contributed by atoms with Crippen molar-refractivity contribution < 1.29 is 9.90 Å². The van der Waals surface area contributed by atoms with Crippen LogP contribution in [0.25, 0.3) is 0 Å². The molecule has 0 amide bonds. The molecule has 0 saturated heterocycles. The van der Waals surface area contributed by atoms with E-state index in [1.165, 1.54) is 19.6 Å². The molecule has 0 aliphatic rings. The first kappa shape index (κ1) is 17.7. The predicted octanol–water partition coefficient (Wildman–Crippen LogP) is 0.356. The molecule has 1 atom stereocenters. The fourth-order valence-corrected chi connectivity index (χ4v) is 1.06. The van der Waals surface area contributed by atoms with Gasteiger partial charge in [0, 0.05) is 13.1 Å². The van der Waals surface area contributed by atoms with Gasteiger partial charge in [-0.25, -0.2) is 0 Å². The van der Waals surface area contributed by atoms with Crippen LogP contribution in [0.15, 0.2) is 0 Å². The van der Waals surface area contributed by atoms with E-state index in [-0.39, 0.29) is 0 Å². The predicted molar refractivity (Wildman–Crippen MR) is 67.6 cm³/mol. The molecule has 0 rings (SSSR count). The van der Waals surface area contributed by atoms with Crippen molar-refractivity contribution in [2.45, 2.75) is 33.7 Å². The van der Waals surface area contributed by atoms with Crippen LogP contribution in [0.5, 0.6) is 0 Å². The molecule has 16 heavy (non-hydrogen) atoms. The molecule has 0 spiro atoms. The summed E-state index contributed by atoms with van der Waals surface area (Å²) in [5, 5.41) is 11.0. The van der Waals surface area contributed by atoms with Gasteiger partial charge in [-0.15, -0.1) is 0 Å². The standard InChI is InChI=1S/C6H15N.C5H12N2O2/c1-4-7(5-2)6-3;1-4(5(8)9)7-3-2-6/h4-6H2,1-3H3;4,7H,2-3,6H2,1H3,(H,8,9). The van der Waals surface area contributed by atoms with Gasteiger partial charge in [-0.1, -0.05) is 20.8 Å². The van der Waals surface area contributed by atoms with E-state index >= 15 is 0 Å². The molecule has 0 saturated carbocycles. The van der Waals surface area contributed by atoms with Crippen LogP contribution < -0.4 is 11.1 Å². The quantitative estimate of drug-likeness (QED) is 0.591. The molecule has 98 valence electrons. The average molecular weight is 233 g/mol. The van der Waals surface area contributed by atoms with Gasteiger partial charge in [0.25, 0.3) is 0 Å². The Bertz CT molecular complexity index is 156. The lowest BCUT2D eigenvalue weighted by atomic mass is 10.3. The minimum absolute atomic E-state index is 0.470. The Morgan fingerprint density at radius 1 is 1.31 bits per heavy atom. The van der Waals surface area contributed by atoms with Crippen LogP contribution in [0.1, 0.15) is 27.7 Å². The second kappa shape index (κ2) is 12.4. The zero-order chi connectivity index (χ0) is 13.0. The molecule has 0 aromatic carbocycles. The summed E-state index contributed by atoms with van der Waals surface area (Å²) in [5.74, 6) is -0.844. The molecule has 4 N–H and O–H groups in total. The molecule has 0 heterocycles. The van der Waals surface area contributed by atoms with Crippen molar-refractivity contribution >= 4 is 5.97 Å². The molecule has 5 nitrogen and oxygen atoms in total. The lowest BCUT2D eigenvalue weighted by Crippen LogP contribution is -2.36. The van der Waals surface area contributed by atoms with E-state index in [9.17, 15) is 4.79 Å². The molecule has 0 radical (unpaired) electrons. The topological polar surface area (TPSA) is 78.6 Å². The Balaban J connectivity index is 0. The van der Waals surface area contributed by atoms with Gasteiger partial charge in [-0.05, 0) is 26.6 Å². The van der Waals surface area contributed by atoms with Crippen LogP contribution in [0, 0.1) is 0 Å². The maximum Gasteiger partial charge on any atom is 0.320 e. The van der Waals surface area contributed by atoms with Crippen molar-refractivity contribution in [1.82, 2.24) is 10.2 Å². The van der Waals surface area contributed by atoms with Crippen molar-refractivity contribution in [3.8, 4) is 0 Å². The van der Waals surface area contributed by atoms with E-state index in [0.717, 1.165) is 0 Å². The summed E-state index contributed by atoms with van der Waals surface area (Å²) in [4.78, 5) is 12.5. The Kier molecular flexibility index (Phi) is 13.8. The Labute approximate surface area is 99.0 Å². The highest BCUT2D eigenvalue weighted by Gasteiger charge is 2.07. The van der Waals surface area contributed by atoms with Crippen LogP contribution in [0.2, 0.25) is 0 Å². The molecule has 0 fully saturated rings. The van der Waals surface area contributed by atoms with Crippen LogP contribution in [-0.2, 0) is 4.79 Å². The second-order valence-corrected chi connectivity index (χ2v) is 3.42. The number of carboxylic acids is 1. The third kappa shape index (κ3) is 11.4. The summed E-state index contributed by atoms with van der Waals surface area (Å²) in [7, 11) is 0. The minimum Gasteiger partial charge on any atom is -0.480 e. The molecular weight excluding hydrogens is 206 g/mol. The number of nitrogens with one attached hydrogen (secondary N) is 1. The van der Waals surface area contributed by atoms with E-state index in [1.54, 1.807) is 6.92 Å². The lowest BCUT2D eigenvalue weighted by molar-refractivity contribution is -0.138. The zero-order valence-corrected chi connectivity index (χ0v) is 11.0. The molecule has 0 aliphatic heterocycles. The third-order valence-corrected chi connectivity index (χ3v) is 2.31. The molecule has 5 heteroatoms. The second-order valence-electron chi connectivity index (χ2n) is 3.42. The van der Waals surface area contributed by atoms with Crippen molar-refractivity contribution in [3.63, 3.8) is 0 Å². The van der Waals surface area contributed by atoms with Gasteiger partial charge < -0.3 is 21.1 Å². The first-order valence-corrected chi connectivity index (χ1v) is 5.91. The van der Waals surface area contributed by atoms with Crippen LogP contribution >= 0.6 is 0 Å². The van der Waals surface area contributed by atoms with E-state index in [1.807, 2.05) is 0 Å². The number of carbonyl (C=O) groups is 1. The first-order valence-electron chi connectivity index (χ1n) is 5.91. The normalized spacial score (nSPS) is 11.9. The van der Waals surface area contributed by atoms with Crippen molar-refractivity contribution in [2.24, 2.45) is 5.73 Å². The van der Waals surface area contributed by atoms with E-state index in [0.29, 0.717) is 13.1 Å². The van der Waals surface area contributed by atoms with Gasteiger partial charge in [0.05, 0.1) is 0 Å². The number of hydrogen-bond acceptors (Lipinski definition) is 4. The lowest BCUT2D eigenvalue weighted by Gasteiger charge is -2.13. The third-order valence-electron chi connectivity index (χ3n) is 2.31. The largest absolute Gasteiger partial charge is 0.480 e. The van der Waals surface area contributed by atoms with Gasteiger partial charge in [-0.3, -0.25) is 4.79 Å². The van der Waals surface area contributed by atoms with Crippen LogP contribution in [-0.4, -0.2) is 54.7 Å². The number of aliphatic carboxylic acids is 1. The van der Waals surface area contributed by atoms with Gasteiger partial charge in [0.2, 0.25) is 0 Å². The molecule has 0 aromatic rings. The highest BCUT2D eigenvalue weighted by Crippen LogP contribution is 1.81. The van der Waals surface area contributed by atoms with Crippen molar-refractivity contribution in [1.29, 1.82) is 0 Å². The Morgan fingerprint density at radius 2 is 1.75 bits per heavy atom. The van der Waals surface area contributed by atoms with Crippen molar-refractivity contribution in [3.05, 3.63) is 0 Å². The van der Waals surface area contributed by atoms with Gasteiger partial charge in [-0.2, -0.15) is 0 Å². The number of carboxylic acid groups (broad SMARTS) is 1. The SMILES string of the molecule is CC(NCCN)C(=O)O.CCN(CC)CC. The summed E-state index contributed by atoms with van der Waals surface area (Å²) >= 11 is 0. The van der Waals surface area contributed by atoms with Gasteiger partial charge in [0.15, 0.2) is 0 Å². The van der Waals surface area contributed by atoms with E-state index in [2.05, 4.69) is 31.0 Å². The molecule has 0 aliphatic carbocycles. The maximum absolute atomic E-state index is 10.1. The monoisotopic (exact) mass is 233 g/mol. The zero-order valence-electron chi connectivity index (χ0n) is 11.0. The summed E-state index contributed by atoms with van der Waals surface area (Å²) in [6.45, 7) is 12.7.